The van der Waals surface area contributed by atoms with Gasteiger partial charge < -0.3 is 34.2 Å². The highest BCUT2D eigenvalue weighted by molar-refractivity contribution is 6.01. The minimum atomic E-state index is -1.72. The van der Waals surface area contributed by atoms with Crippen molar-refractivity contribution in [1.82, 2.24) is 4.90 Å². The lowest BCUT2D eigenvalue weighted by molar-refractivity contribution is -0.137. The van der Waals surface area contributed by atoms with Crippen LogP contribution in [0.2, 0.25) is 0 Å². The van der Waals surface area contributed by atoms with Gasteiger partial charge in [-0.1, -0.05) is 22.9 Å². The van der Waals surface area contributed by atoms with E-state index < -0.39 is 24.0 Å². The van der Waals surface area contributed by atoms with Crippen LogP contribution in [0.1, 0.15) is 61.4 Å². The van der Waals surface area contributed by atoms with E-state index in [1.54, 1.807) is 11.0 Å². The number of piperidine rings is 1. The van der Waals surface area contributed by atoms with Crippen molar-refractivity contribution in [2.24, 2.45) is 5.16 Å². The SMILES string of the molecule is C/C1=C\C(=N/OCC(=O)N2CCCCC2)Cc2cc(OC(=O)O)cc(OC(=O)O)c2C(=O)OCC/C=C/CC1. The predicted molar refractivity (Wildman–Crippen MR) is 138 cm³/mol. The molecule has 12 heteroatoms. The smallest absolute Gasteiger partial charge is 0.462 e. The molecule has 3 rings (SSSR count). The summed E-state index contributed by atoms with van der Waals surface area (Å²) in [5, 5.41) is 22.5. The van der Waals surface area contributed by atoms with Gasteiger partial charge in [0, 0.05) is 25.6 Å². The van der Waals surface area contributed by atoms with E-state index in [1.165, 1.54) is 6.07 Å². The number of ether oxygens (including phenoxy) is 3. The molecule has 12 nitrogen and oxygen atoms in total. The molecule has 1 saturated heterocycles. The molecule has 1 aromatic rings. The van der Waals surface area contributed by atoms with Crippen molar-refractivity contribution in [3.8, 4) is 11.5 Å². The normalized spacial score (nSPS) is 19.9. The third kappa shape index (κ3) is 9.47. The van der Waals surface area contributed by atoms with Gasteiger partial charge in [-0.25, -0.2) is 14.4 Å². The van der Waals surface area contributed by atoms with Gasteiger partial charge in [-0.05, 0) is 63.2 Å². The van der Waals surface area contributed by atoms with Crippen LogP contribution in [0.25, 0.3) is 0 Å². The Balaban J connectivity index is 2.01. The van der Waals surface area contributed by atoms with Crippen LogP contribution in [0.3, 0.4) is 0 Å². The summed E-state index contributed by atoms with van der Waals surface area (Å²) in [6.07, 6.45) is 6.94. The molecule has 1 aromatic carbocycles. The third-order valence-corrected chi connectivity index (χ3v) is 6.02. The summed E-state index contributed by atoms with van der Waals surface area (Å²) < 4.78 is 14.9. The number of rotatable bonds is 5. The van der Waals surface area contributed by atoms with Crippen LogP contribution >= 0.6 is 0 Å². The lowest BCUT2D eigenvalue weighted by Crippen LogP contribution is -2.37. The molecule has 1 fully saturated rings. The Bertz CT molecular complexity index is 1170. The van der Waals surface area contributed by atoms with E-state index in [0.717, 1.165) is 37.3 Å². The fourth-order valence-electron chi connectivity index (χ4n) is 4.26. The number of esters is 1. The Hall–Kier alpha value is -4.35. The number of hydrogen-bond donors (Lipinski definition) is 2. The first-order valence-electron chi connectivity index (χ1n) is 12.7. The number of hydrogen-bond acceptors (Lipinski definition) is 9. The summed E-state index contributed by atoms with van der Waals surface area (Å²) in [7, 11) is 0. The molecule has 0 bridgehead atoms. The highest BCUT2D eigenvalue weighted by atomic mass is 16.7. The highest BCUT2D eigenvalue weighted by Gasteiger charge is 2.25. The molecule has 0 spiro atoms. The molecule has 210 valence electrons. The summed E-state index contributed by atoms with van der Waals surface area (Å²) in [5.41, 5.74) is 1.16. The van der Waals surface area contributed by atoms with Crippen LogP contribution in [0.15, 0.2) is 41.1 Å². The van der Waals surface area contributed by atoms with Gasteiger partial charge in [0.25, 0.3) is 5.91 Å². The molecule has 0 unspecified atom stereocenters. The summed E-state index contributed by atoms with van der Waals surface area (Å²) in [6.45, 7) is 2.99. The fraction of sp³-hybridized carbons (Fsp3) is 0.444. The number of nitrogens with zero attached hydrogens (tertiary/aromatic N) is 2. The molecule has 0 radical (unpaired) electrons. The first-order valence-corrected chi connectivity index (χ1v) is 12.7. The molecule has 39 heavy (non-hydrogen) atoms. The fourth-order valence-corrected chi connectivity index (χ4v) is 4.26. The maximum Gasteiger partial charge on any atom is 0.511 e. The summed E-state index contributed by atoms with van der Waals surface area (Å²) in [6, 6.07) is 2.25. The second kappa shape index (κ2) is 14.6. The van der Waals surface area contributed by atoms with Crippen molar-refractivity contribution in [1.29, 1.82) is 0 Å². The Kier molecular flexibility index (Phi) is 10.9. The maximum atomic E-state index is 13.0. The van der Waals surface area contributed by atoms with Gasteiger partial charge in [-0.2, -0.15) is 0 Å². The number of carbonyl (C=O) groups is 4. The van der Waals surface area contributed by atoms with Gasteiger partial charge in [0.1, 0.15) is 11.3 Å². The minimum Gasteiger partial charge on any atom is -0.462 e. The minimum absolute atomic E-state index is 0.0339. The summed E-state index contributed by atoms with van der Waals surface area (Å²) >= 11 is 0. The number of benzene rings is 1. The molecule has 2 aliphatic rings. The van der Waals surface area contributed by atoms with E-state index >= 15 is 0 Å². The van der Waals surface area contributed by atoms with Crippen LogP contribution in [0.4, 0.5) is 9.59 Å². The lowest BCUT2D eigenvalue weighted by atomic mass is 9.98. The number of likely N-dealkylation sites (tertiary alicyclic amines) is 1. The maximum absolute atomic E-state index is 13.0. The zero-order valence-corrected chi connectivity index (χ0v) is 21.7. The number of carbonyl (C=O) groups excluding carboxylic acids is 2. The Morgan fingerprint density at radius 3 is 2.46 bits per heavy atom. The van der Waals surface area contributed by atoms with E-state index in [0.29, 0.717) is 31.6 Å². The van der Waals surface area contributed by atoms with E-state index in [2.05, 4.69) is 5.16 Å². The van der Waals surface area contributed by atoms with Crippen molar-refractivity contribution in [2.45, 2.75) is 51.9 Å². The van der Waals surface area contributed by atoms with Crippen LogP contribution < -0.4 is 9.47 Å². The molecule has 0 saturated carbocycles. The average molecular weight is 545 g/mol. The molecule has 2 N–H and O–H groups in total. The van der Waals surface area contributed by atoms with Crippen molar-refractivity contribution in [3.63, 3.8) is 0 Å². The van der Waals surface area contributed by atoms with Gasteiger partial charge in [-0.15, -0.1) is 0 Å². The van der Waals surface area contributed by atoms with Crippen molar-refractivity contribution in [2.75, 3.05) is 26.3 Å². The average Bonchev–Trinajstić information content (AvgIpc) is 2.87. The predicted octanol–water partition coefficient (Wildman–Crippen LogP) is 4.57. The van der Waals surface area contributed by atoms with Crippen LogP contribution in [0.5, 0.6) is 11.5 Å². The second-order valence-corrected chi connectivity index (χ2v) is 9.09. The summed E-state index contributed by atoms with van der Waals surface area (Å²) in [4.78, 5) is 55.3. The third-order valence-electron chi connectivity index (χ3n) is 6.02. The number of fused-ring (bicyclic) bond motifs is 1. The van der Waals surface area contributed by atoms with E-state index in [9.17, 15) is 24.3 Å². The Morgan fingerprint density at radius 2 is 1.74 bits per heavy atom. The molecule has 0 atom stereocenters. The molecular weight excluding hydrogens is 512 g/mol. The van der Waals surface area contributed by atoms with E-state index in [4.69, 9.17) is 24.2 Å². The topological polar surface area (TPSA) is 161 Å². The highest BCUT2D eigenvalue weighted by Crippen LogP contribution is 2.31. The first-order chi connectivity index (χ1) is 18.7. The zero-order valence-electron chi connectivity index (χ0n) is 21.7. The molecule has 1 amide bonds. The Morgan fingerprint density at radius 1 is 1.03 bits per heavy atom. The number of allylic oxidation sites excluding steroid dienone is 3. The van der Waals surface area contributed by atoms with Gasteiger partial charge in [0.05, 0.1) is 12.3 Å². The molecular formula is C27H32N2O10. The Labute approximate surface area is 225 Å². The van der Waals surface area contributed by atoms with Gasteiger partial charge in [0.15, 0.2) is 12.4 Å². The largest absolute Gasteiger partial charge is 0.511 e. The quantitative estimate of drug-likeness (QED) is 0.232. The monoisotopic (exact) mass is 544 g/mol. The van der Waals surface area contributed by atoms with Gasteiger partial charge >= 0.3 is 18.3 Å². The lowest BCUT2D eigenvalue weighted by Gasteiger charge is -2.26. The molecule has 0 aromatic heterocycles. The zero-order chi connectivity index (χ0) is 28.2. The number of oxime groups is 1. The van der Waals surface area contributed by atoms with Gasteiger partial charge in [0.2, 0.25) is 0 Å². The van der Waals surface area contributed by atoms with Crippen molar-refractivity contribution in [3.05, 3.63) is 47.1 Å². The number of amides is 1. The standard InChI is InChI=1S/C27H32N2O10/c1-18-9-5-2-3-8-12-36-25(31)24-19(15-21(38-26(32)33)16-22(24)39-27(34)35)14-20(13-18)28-37-17-23(30)29-10-6-4-7-11-29/h2-3,13,15-16H,4-12,14,17H2,1H3,(H,32,33)(H,34,35)/b3-2+,18-13+,28-20+. The van der Waals surface area contributed by atoms with Gasteiger partial charge in [-0.3, -0.25) is 4.79 Å². The number of cyclic esters (lactones) is 1. The number of carboxylic acid groups (broad SMARTS) is 2. The van der Waals surface area contributed by atoms with Crippen LogP contribution in [0, 0.1) is 0 Å². The van der Waals surface area contributed by atoms with E-state index in [1.807, 2.05) is 19.1 Å². The second-order valence-electron chi connectivity index (χ2n) is 9.09. The van der Waals surface area contributed by atoms with Crippen LogP contribution in [-0.4, -0.2) is 71.3 Å². The molecule has 2 aliphatic heterocycles. The summed E-state index contributed by atoms with van der Waals surface area (Å²) in [5.74, 6) is -1.78. The molecule has 2 heterocycles. The van der Waals surface area contributed by atoms with Crippen molar-refractivity contribution < 1.29 is 48.4 Å². The molecule has 0 aliphatic carbocycles. The van der Waals surface area contributed by atoms with Crippen molar-refractivity contribution >= 4 is 29.9 Å². The van der Waals surface area contributed by atoms with E-state index in [-0.39, 0.29) is 42.4 Å². The van der Waals surface area contributed by atoms with Crippen LogP contribution in [-0.2, 0) is 20.8 Å². The first kappa shape index (κ1) is 29.2.